The number of H-pyrrole nitrogens is 1. The van der Waals surface area contributed by atoms with Gasteiger partial charge in [-0.2, -0.15) is 5.21 Å². The fourth-order valence-electron chi connectivity index (χ4n) is 2.19. The molecule has 26 heavy (non-hydrogen) atoms. The first-order valence-electron chi connectivity index (χ1n) is 7.47. The van der Waals surface area contributed by atoms with Crippen LogP contribution < -0.4 is 14.8 Å². The maximum absolute atomic E-state index is 6.18. The molecule has 0 bridgehead atoms. The second-order valence-electron chi connectivity index (χ2n) is 5.21. The van der Waals surface area contributed by atoms with Gasteiger partial charge in [0.05, 0.1) is 7.11 Å². The Morgan fingerprint density at radius 1 is 1.15 bits per heavy atom. The molecule has 0 aliphatic carbocycles. The predicted octanol–water partition coefficient (Wildman–Crippen LogP) is 4.47. The summed E-state index contributed by atoms with van der Waals surface area (Å²) < 4.78 is 12.2. The van der Waals surface area contributed by atoms with Crippen LogP contribution in [-0.2, 0) is 13.2 Å². The van der Waals surface area contributed by atoms with E-state index in [9.17, 15) is 0 Å². The van der Waals surface area contributed by atoms with Gasteiger partial charge in [0.15, 0.2) is 11.5 Å². The topological polar surface area (TPSA) is 85.0 Å². The Bertz CT molecular complexity index is 893. The highest BCUT2D eigenvalue weighted by Gasteiger charge is 2.12. The zero-order valence-electron chi connectivity index (χ0n) is 13.6. The lowest BCUT2D eigenvalue weighted by molar-refractivity contribution is 0.284. The summed E-state index contributed by atoms with van der Waals surface area (Å²) in [5.74, 6) is 1.60. The van der Waals surface area contributed by atoms with Crippen molar-refractivity contribution in [2.75, 3.05) is 12.4 Å². The quantitative estimate of drug-likeness (QED) is 0.543. The highest BCUT2D eigenvalue weighted by atomic mass is 79.9. The summed E-state index contributed by atoms with van der Waals surface area (Å²) in [6.07, 6.45) is 0. The number of hydrogen-bond donors (Lipinski definition) is 2. The summed E-state index contributed by atoms with van der Waals surface area (Å²) in [4.78, 5) is 0. The van der Waals surface area contributed by atoms with Gasteiger partial charge in [0.2, 0.25) is 0 Å². The maximum Gasteiger partial charge on any atom is 0.263 e. The fourth-order valence-corrected chi connectivity index (χ4v) is 3.12. The van der Waals surface area contributed by atoms with Gasteiger partial charge >= 0.3 is 0 Å². The monoisotopic (exact) mass is 457 g/mol. The molecule has 1 heterocycles. The Morgan fingerprint density at radius 3 is 2.69 bits per heavy atom. The summed E-state index contributed by atoms with van der Waals surface area (Å²) in [6, 6.07) is 8.99. The number of nitrogens with zero attached hydrogens (tertiary/aromatic N) is 3. The zero-order valence-corrected chi connectivity index (χ0v) is 16.7. The van der Waals surface area contributed by atoms with Gasteiger partial charge in [-0.15, -0.1) is 5.10 Å². The van der Waals surface area contributed by atoms with Crippen molar-refractivity contribution in [2.24, 2.45) is 0 Å². The Hall–Kier alpha value is -2.03. The Morgan fingerprint density at radius 2 is 2.00 bits per heavy atom. The van der Waals surface area contributed by atoms with Crippen molar-refractivity contribution in [3.63, 3.8) is 0 Å². The number of hydrogen-bond acceptors (Lipinski definition) is 6. The van der Waals surface area contributed by atoms with Crippen LogP contribution >= 0.6 is 39.1 Å². The zero-order chi connectivity index (χ0) is 18.5. The third-order valence-electron chi connectivity index (χ3n) is 3.51. The van der Waals surface area contributed by atoms with Crippen molar-refractivity contribution in [1.82, 2.24) is 20.6 Å². The molecule has 136 valence electrons. The number of aromatic nitrogens is 4. The number of nitrogens with one attached hydrogen (secondary N) is 2. The SMILES string of the molecule is COc1cc(CNc2nn[nH]n2)c(Br)cc1OCc1ccc(Cl)cc1Cl. The van der Waals surface area contributed by atoms with Gasteiger partial charge < -0.3 is 14.8 Å². The molecule has 0 saturated carbocycles. The Labute approximate surface area is 168 Å². The molecule has 0 aliphatic rings. The van der Waals surface area contributed by atoms with Gasteiger partial charge in [-0.05, 0) is 35.0 Å². The molecule has 0 spiro atoms. The van der Waals surface area contributed by atoms with Gasteiger partial charge in [-0.3, -0.25) is 0 Å². The van der Waals surface area contributed by atoms with Crippen molar-refractivity contribution >= 4 is 45.1 Å². The molecule has 0 aliphatic heterocycles. The number of tetrazole rings is 1. The highest BCUT2D eigenvalue weighted by molar-refractivity contribution is 9.10. The molecule has 0 radical (unpaired) electrons. The van der Waals surface area contributed by atoms with Crippen LogP contribution in [0.15, 0.2) is 34.8 Å². The van der Waals surface area contributed by atoms with Gasteiger partial charge in [0, 0.05) is 26.6 Å². The first kappa shape index (κ1) is 18.8. The largest absolute Gasteiger partial charge is 0.493 e. The van der Waals surface area contributed by atoms with Crippen molar-refractivity contribution in [1.29, 1.82) is 0 Å². The van der Waals surface area contributed by atoms with E-state index in [1.165, 1.54) is 0 Å². The van der Waals surface area contributed by atoms with E-state index < -0.39 is 0 Å². The summed E-state index contributed by atoms with van der Waals surface area (Å²) >= 11 is 15.6. The van der Waals surface area contributed by atoms with Crippen molar-refractivity contribution in [2.45, 2.75) is 13.2 Å². The molecule has 0 fully saturated rings. The highest BCUT2D eigenvalue weighted by Crippen LogP contribution is 2.35. The minimum atomic E-state index is 0.291. The molecular weight excluding hydrogens is 445 g/mol. The molecule has 0 amide bonds. The van der Waals surface area contributed by atoms with Crippen LogP contribution in [-0.4, -0.2) is 27.7 Å². The van der Waals surface area contributed by atoms with E-state index in [2.05, 4.69) is 41.9 Å². The standard InChI is InChI=1S/C16H14BrCl2N5O2/c1-25-14-4-10(7-20-16-21-23-24-22-16)12(17)6-15(14)26-8-9-2-3-11(18)5-13(9)19/h2-6H,7-8H2,1H3,(H2,20,21,22,23,24). The molecular formula is C16H14BrCl2N5O2. The van der Waals surface area contributed by atoms with Gasteiger partial charge in [0.25, 0.3) is 5.95 Å². The summed E-state index contributed by atoms with van der Waals surface area (Å²) in [7, 11) is 1.59. The third-order valence-corrected chi connectivity index (χ3v) is 4.84. The van der Waals surface area contributed by atoms with Crippen LogP contribution in [0.5, 0.6) is 11.5 Å². The van der Waals surface area contributed by atoms with Crippen LogP contribution in [0.25, 0.3) is 0 Å². The summed E-state index contributed by atoms with van der Waals surface area (Å²) in [6.45, 7) is 0.777. The second kappa shape index (κ2) is 8.57. The Kier molecular flexibility index (Phi) is 6.18. The molecule has 3 aromatic rings. The van der Waals surface area contributed by atoms with Gasteiger partial charge in [-0.25, -0.2) is 0 Å². The minimum absolute atomic E-state index is 0.291. The van der Waals surface area contributed by atoms with E-state index in [4.69, 9.17) is 32.7 Å². The molecule has 2 N–H and O–H groups in total. The average Bonchev–Trinajstić information content (AvgIpc) is 3.13. The lowest BCUT2D eigenvalue weighted by atomic mass is 10.2. The van der Waals surface area contributed by atoms with E-state index in [-0.39, 0.29) is 0 Å². The fraction of sp³-hybridized carbons (Fsp3) is 0.188. The van der Waals surface area contributed by atoms with E-state index >= 15 is 0 Å². The van der Waals surface area contributed by atoms with E-state index in [0.29, 0.717) is 40.6 Å². The predicted molar refractivity (Wildman–Crippen MR) is 103 cm³/mol. The average molecular weight is 459 g/mol. The number of aromatic amines is 1. The Balaban J connectivity index is 1.73. The number of methoxy groups -OCH3 is 1. The number of halogens is 3. The third kappa shape index (κ3) is 4.57. The van der Waals surface area contributed by atoms with Crippen molar-refractivity contribution in [3.05, 3.63) is 56.0 Å². The van der Waals surface area contributed by atoms with Crippen molar-refractivity contribution in [3.8, 4) is 11.5 Å². The molecule has 3 rings (SSSR count). The van der Waals surface area contributed by atoms with E-state index in [1.807, 2.05) is 18.2 Å². The lowest BCUT2D eigenvalue weighted by Crippen LogP contribution is -2.04. The molecule has 0 unspecified atom stereocenters. The van der Waals surface area contributed by atoms with Crippen LogP contribution in [0.2, 0.25) is 10.0 Å². The number of benzene rings is 2. The van der Waals surface area contributed by atoms with E-state index in [0.717, 1.165) is 15.6 Å². The molecule has 2 aromatic carbocycles. The lowest BCUT2D eigenvalue weighted by Gasteiger charge is -2.14. The minimum Gasteiger partial charge on any atom is -0.493 e. The smallest absolute Gasteiger partial charge is 0.263 e. The number of rotatable bonds is 7. The van der Waals surface area contributed by atoms with Crippen LogP contribution in [0.3, 0.4) is 0 Å². The van der Waals surface area contributed by atoms with E-state index in [1.54, 1.807) is 19.2 Å². The maximum atomic E-state index is 6.18. The van der Waals surface area contributed by atoms with Crippen LogP contribution in [0.4, 0.5) is 5.95 Å². The molecule has 0 atom stereocenters. The summed E-state index contributed by atoms with van der Waals surface area (Å²) in [5.41, 5.74) is 1.78. The molecule has 0 saturated heterocycles. The molecule has 7 nitrogen and oxygen atoms in total. The van der Waals surface area contributed by atoms with Crippen molar-refractivity contribution < 1.29 is 9.47 Å². The number of anilines is 1. The first-order valence-corrected chi connectivity index (χ1v) is 9.02. The van der Waals surface area contributed by atoms with Crippen LogP contribution in [0.1, 0.15) is 11.1 Å². The normalized spacial score (nSPS) is 10.6. The first-order chi connectivity index (χ1) is 12.6. The molecule has 10 heteroatoms. The second-order valence-corrected chi connectivity index (χ2v) is 6.91. The summed E-state index contributed by atoms with van der Waals surface area (Å²) in [5, 5.41) is 17.8. The molecule has 1 aromatic heterocycles. The van der Waals surface area contributed by atoms with Gasteiger partial charge in [0.1, 0.15) is 6.61 Å². The number of ether oxygens (including phenoxy) is 2. The van der Waals surface area contributed by atoms with Gasteiger partial charge in [-0.1, -0.05) is 50.3 Å². The van der Waals surface area contributed by atoms with Crippen LogP contribution in [0, 0.1) is 0 Å².